The molecule has 0 spiro atoms. The summed E-state index contributed by atoms with van der Waals surface area (Å²) < 4.78 is 1.94. The smallest absolute Gasteiger partial charge is 0.272 e. The molecule has 0 atom stereocenters. The zero-order valence-corrected chi connectivity index (χ0v) is 15.9. The molecular formula is C19H27ClN4O. The number of aromatic nitrogens is 2. The van der Waals surface area contributed by atoms with Crippen LogP contribution in [-0.4, -0.2) is 27.8 Å². The Labute approximate surface area is 155 Å². The van der Waals surface area contributed by atoms with E-state index in [0.717, 1.165) is 36.9 Å². The van der Waals surface area contributed by atoms with Crippen molar-refractivity contribution >= 4 is 18.3 Å². The quantitative estimate of drug-likeness (QED) is 0.878. The Morgan fingerprint density at radius 1 is 1.24 bits per heavy atom. The average Bonchev–Trinajstić information content (AvgIpc) is 2.92. The minimum Gasteiger partial charge on any atom is -0.349 e. The topological polar surface area (TPSA) is 72.9 Å². The fraction of sp³-hybridized carbons (Fsp3) is 0.474. The molecule has 3 rings (SSSR count). The van der Waals surface area contributed by atoms with Crippen molar-refractivity contribution in [3.05, 3.63) is 46.8 Å². The Morgan fingerprint density at radius 2 is 1.88 bits per heavy atom. The summed E-state index contributed by atoms with van der Waals surface area (Å²) in [4.78, 5) is 12.6. The minimum absolute atomic E-state index is 0. The number of nitrogens with one attached hydrogen (secondary N) is 1. The van der Waals surface area contributed by atoms with Gasteiger partial charge in [-0.15, -0.1) is 12.4 Å². The second-order valence-electron chi connectivity index (χ2n) is 7.40. The third-order valence-electron chi connectivity index (χ3n) is 4.38. The van der Waals surface area contributed by atoms with E-state index in [1.165, 1.54) is 11.3 Å². The van der Waals surface area contributed by atoms with Crippen LogP contribution in [0.25, 0.3) is 5.69 Å². The standard InChI is InChI=1S/C19H26N4O.ClH/c1-13-8-10-14(11-9-13)23-16-7-5-4-6-15(16)17(22-23)18(24)21-12-19(2,3)20;/h8-11H,4-7,12,20H2,1-3H3,(H,21,24);1H. The van der Waals surface area contributed by atoms with E-state index in [-0.39, 0.29) is 18.3 Å². The van der Waals surface area contributed by atoms with E-state index < -0.39 is 5.54 Å². The Kier molecular flexibility index (Phi) is 5.91. The molecule has 0 saturated heterocycles. The normalized spacial score (nSPS) is 13.8. The molecule has 1 heterocycles. The molecule has 0 aliphatic heterocycles. The first-order valence-electron chi connectivity index (χ1n) is 8.60. The van der Waals surface area contributed by atoms with Crippen LogP contribution in [0.4, 0.5) is 0 Å². The van der Waals surface area contributed by atoms with E-state index in [1.54, 1.807) is 0 Å². The summed E-state index contributed by atoms with van der Waals surface area (Å²) in [6.45, 7) is 6.29. The zero-order chi connectivity index (χ0) is 17.3. The molecule has 0 unspecified atom stereocenters. The summed E-state index contributed by atoms with van der Waals surface area (Å²) in [5.74, 6) is -0.127. The van der Waals surface area contributed by atoms with Crippen molar-refractivity contribution in [3.63, 3.8) is 0 Å². The molecule has 25 heavy (non-hydrogen) atoms. The number of hydrogen-bond donors (Lipinski definition) is 2. The van der Waals surface area contributed by atoms with Crippen LogP contribution >= 0.6 is 12.4 Å². The Hall–Kier alpha value is -1.85. The molecule has 1 aliphatic rings. The molecule has 5 nitrogen and oxygen atoms in total. The molecule has 0 bridgehead atoms. The van der Waals surface area contributed by atoms with Crippen LogP contribution in [-0.2, 0) is 12.8 Å². The Bertz CT molecular complexity index is 744. The van der Waals surface area contributed by atoms with E-state index in [2.05, 4.69) is 41.6 Å². The van der Waals surface area contributed by atoms with E-state index in [0.29, 0.717) is 12.2 Å². The lowest BCUT2D eigenvalue weighted by atomic mass is 9.95. The third-order valence-corrected chi connectivity index (χ3v) is 4.38. The van der Waals surface area contributed by atoms with E-state index in [1.807, 2.05) is 18.5 Å². The van der Waals surface area contributed by atoms with Gasteiger partial charge in [0.05, 0.1) is 5.69 Å². The molecule has 6 heteroatoms. The number of halogens is 1. The maximum Gasteiger partial charge on any atom is 0.272 e. The van der Waals surface area contributed by atoms with Gasteiger partial charge in [0.15, 0.2) is 5.69 Å². The van der Waals surface area contributed by atoms with Crippen molar-refractivity contribution in [1.29, 1.82) is 0 Å². The van der Waals surface area contributed by atoms with Crippen LogP contribution in [0, 0.1) is 6.92 Å². The fourth-order valence-electron chi connectivity index (χ4n) is 3.07. The number of rotatable bonds is 4. The van der Waals surface area contributed by atoms with Crippen LogP contribution < -0.4 is 11.1 Å². The maximum atomic E-state index is 12.6. The number of nitrogens with two attached hydrogens (primary N) is 1. The summed E-state index contributed by atoms with van der Waals surface area (Å²) in [5, 5.41) is 7.58. The lowest BCUT2D eigenvalue weighted by molar-refractivity contribution is 0.0939. The second kappa shape index (κ2) is 7.58. The molecule has 1 amide bonds. The first-order chi connectivity index (χ1) is 11.3. The minimum atomic E-state index is -0.435. The highest BCUT2D eigenvalue weighted by Crippen LogP contribution is 2.27. The monoisotopic (exact) mass is 362 g/mol. The van der Waals surface area contributed by atoms with Gasteiger partial charge in [-0.1, -0.05) is 17.7 Å². The van der Waals surface area contributed by atoms with Gasteiger partial charge in [0, 0.05) is 23.3 Å². The molecule has 1 aromatic heterocycles. The van der Waals surface area contributed by atoms with Gasteiger partial charge in [0.2, 0.25) is 0 Å². The molecular weight excluding hydrogens is 336 g/mol. The maximum absolute atomic E-state index is 12.6. The Balaban J connectivity index is 0.00000225. The van der Waals surface area contributed by atoms with Gasteiger partial charge >= 0.3 is 0 Å². The molecule has 0 radical (unpaired) electrons. The van der Waals surface area contributed by atoms with E-state index in [4.69, 9.17) is 5.73 Å². The number of carbonyl (C=O) groups excluding carboxylic acids is 1. The van der Waals surface area contributed by atoms with Gasteiger partial charge < -0.3 is 11.1 Å². The molecule has 3 N–H and O–H groups in total. The van der Waals surface area contributed by atoms with Gasteiger partial charge in [-0.3, -0.25) is 4.79 Å². The van der Waals surface area contributed by atoms with Crippen molar-refractivity contribution in [3.8, 4) is 5.69 Å². The molecule has 0 fully saturated rings. The average molecular weight is 363 g/mol. The van der Waals surface area contributed by atoms with Gasteiger partial charge in [-0.05, 0) is 58.6 Å². The first kappa shape index (κ1) is 19.5. The third kappa shape index (κ3) is 4.41. The van der Waals surface area contributed by atoms with Crippen molar-refractivity contribution in [2.24, 2.45) is 5.73 Å². The van der Waals surface area contributed by atoms with Crippen LogP contribution in [0.15, 0.2) is 24.3 Å². The number of fused-ring (bicyclic) bond motifs is 1. The van der Waals surface area contributed by atoms with Crippen molar-refractivity contribution in [2.75, 3.05) is 6.54 Å². The second-order valence-corrected chi connectivity index (χ2v) is 7.40. The summed E-state index contributed by atoms with van der Waals surface area (Å²) >= 11 is 0. The molecule has 0 saturated carbocycles. The summed E-state index contributed by atoms with van der Waals surface area (Å²) in [5.41, 5.74) is 10.6. The van der Waals surface area contributed by atoms with E-state index in [9.17, 15) is 4.79 Å². The number of amides is 1. The fourth-order valence-corrected chi connectivity index (χ4v) is 3.07. The number of aryl methyl sites for hydroxylation is 1. The summed E-state index contributed by atoms with van der Waals surface area (Å²) in [6.07, 6.45) is 4.12. The lowest BCUT2D eigenvalue weighted by Crippen LogP contribution is -2.45. The molecule has 2 aromatic rings. The van der Waals surface area contributed by atoms with Crippen LogP contribution in [0.3, 0.4) is 0 Å². The Morgan fingerprint density at radius 3 is 2.52 bits per heavy atom. The van der Waals surface area contributed by atoms with Gasteiger partial charge in [-0.25, -0.2) is 4.68 Å². The number of benzene rings is 1. The molecule has 136 valence electrons. The van der Waals surface area contributed by atoms with Gasteiger partial charge in [-0.2, -0.15) is 5.10 Å². The van der Waals surface area contributed by atoms with E-state index >= 15 is 0 Å². The van der Waals surface area contributed by atoms with Crippen LogP contribution in [0.1, 0.15) is 54.0 Å². The van der Waals surface area contributed by atoms with Crippen molar-refractivity contribution in [1.82, 2.24) is 15.1 Å². The van der Waals surface area contributed by atoms with Crippen molar-refractivity contribution < 1.29 is 4.79 Å². The lowest BCUT2D eigenvalue weighted by Gasteiger charge is -2.19. The summed E-state index contributed by atoms with van der Waals surface area (Å²) in [7, 11) is 0. The number of carbonyl (C=O) groups is 1. The number of nitrogens with zero attached hydrogens (tertiary/aromatic N) is 2. The molecule has 1 aliphatic carbocycles. The van der Waals surface area contributed by atoms with Gasteiger partial charge in [0.1, 0.15) is 0 Å². The molecule has 1 aromatic carbocycles. The zero-order valence-electron chi connectivity index (χ0n) is 15.1. The highest BCUT2D eigenvalue weighted by molar-refractivity contribution is 5.94. The SMILES string of the molecule is Cc1ccc(-n2nc(C(=O)NCC(C)(C)N)c3c2CCCC3)cc1.Cl. The largest absolute Gasteiger partial charge is 0.349 e. The van der Waals surface area contributed by atoms with Crippen LogP contribution in [0.2, 0.25) is 0 Å². The van der Waals surface area contributed by atoms with Crippen LogP contribution in [0.5, 0.6) is 0 Å². The van der Waals surface area contributed by atoms with Gasteiger partial charge in [0.25, 0.3) is 5.91 Å². The first-order valence-corrected chi connectivity index (χ1v) is 8.60. The highest BCUT2D eigenvalue weighted by Gasteiger charge is 2.26. The van der Waals surface area contributed by atoms with Crippen molar-refractivity contribution in [2.45, 2.75) is 52.0 Å². The highest BCUT2D eigenvalue weighted by atomic mass is 35.5. The summed E-state index contributed by atoms with van der Waals surface area (Å²) in [6, 6.07) is 8.26. The number of hydrogen-bond acceptors (Lipinski definition) is 3. The predicted octanol–water partition coefficient (Wildman–Crippen LogP) is 2.95. The predicted molar refractivity (Wildman–Crippen MR) is 103 cm³/mol.